The van der Waals surface area contributed by atoms with Crippen molar-refractivity contribution in [3.63, 3.8) is 0 Å². The predicted molar refractivity (Wildman–Crippen MR) is 125 cm³/mol. The number of aromatic nitrogens is 6. The van der Waals surface area contributed by atoms with Crippen LogP contribution in [0.4, 0.5) is 0 Å². The monoisotopic (exact) mass is 472 g/mol. The molecule has 0 N–H and O–H groups in total. The SMILES string of the molecule is O=C(CCn1ccnn1)N1CCC=C(c2ccc3oc(C(=O)N4CCn5ncnc5C4)cc3c2)C1. The number of fused-ring (bicyclic) bond motifs is 2. The molecule has 5 heterocycles. The number of aryl methyl sites for hydroxylation is 1. The largest absolute Gasteiger partial charge is 0.451 e. The third kappa shape index (κ3) is 4.20. The van der Waals surface area contributed by atoms with Crippen molar-refractivity contribution in [2.45, 2.75) is 32.5 Å². The summed E-state index contributed by atoms with van der Waals surface area (Å²) < 4.78 is 9.37. The van der Waals surface area contributed by atoms with Crippen LogP contribution in [0.5, 0.6) is 0 Å². The van der Waals surface area contributed by atoms with Crippen LogP contribution in [0.15, 0.2) is 53.5 Å². The molecule has 178 valence electrons. The molecule has 2 amide bonds. The number of rotatable bonds is 5. The molecular formula is C24H24N8O3. The van der Waals surface area contributed by atoms with Gasteiger partial charge in [0.2, 0.25) is 5.91 Å². The van der Waals surface area contributed by atoms with Gasteiger partial charge in [0.15, 0.2) is 5.76 Å². The molecule has 0 saturated carbocycles. The molecule has 0 atom stereocenters. The molecule has 0 bridgehead atoms. The van der Waals surface area contributed by atoms with Gasteiger partial charge in [-0.05, 0) is 35.8 Å². The molecule has 0 aliphatic carbocycles. The van der Waals surface area contributed by atoms with Crippen molar-refractivity contribution in [1.29, 1.82) is 0 Å². The summed E-state index contributed by atoms with van der Waals surface area (Å²) in [4.78, 5) is 33.6. The number of hydrogen-bond acceptors (Lipinski definition) is 7. The van der Waals surface area contributed by atoms with Gasteiger partial charge in [-0.15, -0.1) is 5.10 Å². The van der Waals surface area contributed by atoms with Crippen LogP contribution in [0.2, 0.25) is 0 Å². The lowest BCUT2D eigenvalue weighted by atomic mass is 9.99. The van der Waals surface area contributed by atoms with Crippen molar-refractivity contribution in [2.75, 3.05) is 19.6 Å². The van der Waals surface area contributed by atoms with E-state index in [2.05, 4.69) is 26.5 Å². The highest BCUT2D eigenvalue weighted by Crippen LogP contribution is 2.28. The Labute approximate surface area is 200 Å². The van der Waals surface area contributed by atoms with Gasteiger partial charge in [-0.3, -0.25) is 14.3 Å². The summed E-state index contributed by atoms with van der Waals surface area (Å²) in [6, 6.07) is 7.70. The molecule has 6 rings (SSSR count). The van der Waals surface area contributed by atoms with E-state index >= 15 is 0 Å². The highest BCUT2D eigenvalue weighted by molar-refractivity contribution is 5.97. The van der Waals surface area contributed by atoms with E-state index in [0.717, 1.165) is 28.8 Å². The Morgan fingerprint density at radius 2 is 2.00 bits per heavy atom. The molecule has 11 heteroatoms. The first-order chi connectivity index (χ1) is 17.1. The van der Waals surface area contributed by atoms with Crippen molar-refractivity contribution in [1.82, 2.24) is 39.6 Å². The molecule has 0 fully saturated rings. The normalized spacial score (nSPS) is 15.8. The zero-order valence-corrected chi connectivity index (χ0v) is 19.1. The van der Waals surface area contributed by atoms with E-state index in [9.17, 15) is 9.59 Å². The predicted octanol–water partition coefficient (Wildman–Crippen LogP) is 1.98. The maximum atomic E-state index is 13.1. The van der Waals surface area contributed by atoms with Crippen molar-refractivity contribution in [3.05, 3.63) is 66.2 Å². The Kier molecular flexibility index (Phi) is 5.36. The Hall–Kier alpha value is -4.28. The summed E-state index contributed by atoms with van der Waals surface area (Å²) in [6.45, 7) is 3.37. The minimum Gasteiger partial charge on any atom is -0.451 e. The minimum absolute atomic E-state index is 0.0979. The van der Waals surface area contributed by atoms with E-state index in [1.54, 1.807) is 28.0 Å². The molecule has 4 aromatic rings. The van der Waals surface area contributed by atoms with Gasteiger partial charge in [-0.1, -0.05) is 17.4 Å². The fourth-order valence-electron chi connectivity index (χ4n) is 4.63. The number of carbonyl (C=O) groups excluding carboxylic acids is 2. The average Bonchev–Trinajstić information content (AvgIpc) is 3.66. The lowest BCUT2D eigenvalue weighted by Gasteiger charge is -2.27. The number of nitrogens with zero attached hydrogens (tertiary/aromatic N) is 8. The Balaban J connectivity index is 1.15. The summed E-state index contributed by atoms with van der Waals surface area (Å²) in [5.74, 6) is 1.03. The lowest BCUT2D eigenvalue weighted by molar-refractivity contribution is -0.131. The number of benzene rings is 1. The fraction of sp³-hybridized carbons (Fsp3) is 0.333. The second-order valence-corrected chi connectivity index (χ2v) is 8.74. The Bertz CT molecular complexity index is 1420. The van der Waals surface area contributed by atoms with Gasteiger partial charge in [0, 0.05) is 37.6 Å². The van der Waals surface area contributed by atoms with Crippen LogP contribution >= 0.6 is 0 Å². The molecule has 2 aliphatic heterocycles. The number of hydrogen-bond donors (Lipinski definition) is 0. The second kappa shape index (κ2) is 8.82. The van der Waals surface area contributed by atoms with Crippen LogP contribution in [0, 0.1) is 0 Å². The molecule has 0 saturated heterocycles. The third-order valence-corrected chi connectivity index (χ3v) is 6.53. The van der Waals surface area contributed by atoms with Crippen LogP contribution in [0.25, 0.3) is 16.5 Å². The zero-order valence-electron chi connectivity index (χ0n) is 19.1. The summed E-state index contributed by atoms with van der Waals surface area (Å²) in [5, 5.41) is 12.7. The van der Waals surface area contributed by atoms with Crippen LogP contribution in [-0.4, -0.2) is 71.0 Å². The quantitative estimate of drug-likeness (QED) is 0.436. The van der Waals surface area contributed by atoms with E-state index < -0.39 is 0 Å². The van der Waals surface area contributed by atoms with Crippen molar-refractivity contribution in [2.24, 2.45) is 0 Å². The van der Waals surface area contributed by atoms with E-state index in [-0.39, 0.29) is 11.8 Å². The van der Waals surface area contributed by atoms with Crippen LogP contribution < -0.4 is 0 Å². The maximum absolute atomic E-state index is 13.1. The summed E-state index contributed by atoms with van der Waals surface area (Å²) in [7, 11) is 0. The minimum atomic E-state index is -0.155. The van der Waals surface area contributed by atoms with Gasteiger partial charge in [-0.25, -0.2) is 9.67 Å². The molecule has 2 aliphatic rings. The lowest BCUT2D eigenvalue weighted by Crippen LogP contribution is -2.38. The first kappa shape index (κ1) is 21.3. The maximum Gasteiger partial charge on any atom is 0.290 e. The molecule has 11 nitrogen and oxygen atoms in total. The van der Waals surface area contributed by atoms with Crippen LogP contribution in [-0.2, 0) is 24.4 Å². The highest BCUT2D eigenvalue weighted by atomic mass is 16.3. The molecule has 35 heavy (non-hydrogen) atoms. The van der Waals surface area contributed by atoms with Crippen molar-refractivity contribution < 1.29 is 14.0 Å². The van der Waals surface area contributed by atoms with Crippen molar-refractivity contribution in [3.8, 4) is 0 Å². The summed E-state index contributed by atoms with van der Waals surface area (Å²) >= 11 is 0. The van der Waals surface area contributed by atoms with Gasteiger partial charge in [0.25, 0.3) is 5.91 Å². The second-order valence-electron chi connectivity index (χ2n) is 8.74. The van der Waals surface area contributed by atoms with Gasteiger partial charge < -0.3 is 14.2 Å². The molecule has 3 aromatic heterocycles. The van der Waals surface area contributed by atoms with E-state index in [4.69, 9.17) is 4.42 Å². The molecule has 0 spiro atoms. The molecule has 0 unspecified atom stereocenters. The van der Waals surface area contributed by atoms with Gasteiger partial charge in [0.05, 0.1) is 25.8 Å². The molecular weight excluding hydrogens is 448 g/mol. The Morgan fingerprint density at radius 1 is 1.06 bits per heavy atom. The standard InChI is InChI=1S/C24H24N8O3/c33-23(5-8-31-9-6-26-28-31)29-7-1-2-18(14-29)17-3-4-20-19(12-17)13-21(35-20)24(34)30-10-11-32-22(15-30)25-16-27-32/h2-4,6,9,12-13,16H,1,5,7-8,10-11,14-15H2. The van der Waals surface area contributed by atoms with E-state index in [1.165, 1.54) is 6.33 Å². The zero-order chi connectivity index (χ0) is 23.8. The van der Waals surface area contributed by atoms with Gasteiger partial charge >= 0.3 is 0 Å². The van der Waals surface area contributed by atoms with Crippen molar-refractivity contribution >= 4 is 28.4 Å². The summed E-state index contributed by atoms with van der Waals surface area (Å²) in [6.07, 6.45) is 8.24. The average molecular weight is 473 g/mol. The Morgan fingerprint density at radius 3 is 2.89 bits per heavy atom. The first-order valence-electron chi connectivity index (χ1n) is 11.6. The molecule has 1 aromatic carbocycles. The highest BCUT2D eigenvalue weighted by Gasteiger charge is 2.26. The summed E-state index contributed by atoms with van der Waals surface area (Å²) in [5.41, 5.74) is 2.78. The number of furan rings is 1. The van der Waals surface area contributed by atoms with Gasteiger partial charge in [0.1, 0.15) is 17.7 Å². The molecule has 0 radical (unpaired) electrons. The number of carbonyl (C=O) groups is 2. The smallest absolute Gasteiger partial charge is 0.290 e. The van der Waals surface area contributed by atoms with Crippen LogP contribution in [0.1, 0.15) is 34.8 Å². The number of amides is 2. The van der Waals surface area contributed by atoms with E-state index in [0.29, 0.717) is 57.0 Å². The van der Waals surface area contributed by atoms with E-state index in [1.807, 2.05) is 27.8 Å². The van der Waals surface area contributed by atoms with Gasteiger partial charge in [-0.2, -0.15) is 5.10 Å². The third-order valence-electron chi connectivity index (χ3n) is 6.53. The first-order valence-corrected chi connectivity index (χ1v) is 11.6. The topological polar surface area (TPSA) is 115 Å². The fourth-order valence-corrected chi connectivity index (χ4v) is 4.63. The van der Waals surface area contributed by atoms with Crippen LogP contribution in [0.3, 0.4) is 0 Å².